The molecule has 3 heterocycles. The zero-order valence-electron chi connectivity index (χ0n) is 14.2. The van der Waals surface area contributed by atoms with Crippen molar-refractivity contribution in [1.82, 2.24) is 14.8 Å². The maximum Gasteiger partial charge on any atom is 0.230 e. The number of carbonyl (C=O) groups excluding carboxylic acids is 1. The van der Waals surface area contributed by atoms with Crippen molar-refractivity contribution in [2.24, 2.45) is 0 Å². The van der Waals surface area contributed by atoms with Crippen LogP contribution in [0.4, 0.5) is 5.69 Å². The van der Waals surface area contributed by atoms with Crippen molar-refractivity contribution in [2.75, 3.05) is 5.32 Å². The van der Waals surface area contributed by atoms with Gasteiger partial charge in [0.15, 0.2) is 0 Å². The Hall–Kier alpha value is -2.41. The van der Waals surface area contributed by atoms with Crippen LogP contribution in [0.5, 0.6) is 0 Å². The number of nitrogens with one attached hydrogen (secondary N) is 1. The van der Waals surface area contributed by atoms with Gasteiger partial charge in [-0.3, -0.25) is 9.48 Å². The van der Waals surface area contributed by atoms with Gasteiger partial charge in [0.2, 0.25) is 11.8 Å². The van der Waals surface area contributed by atoms with E-state index in [1.807, 2.05) is 34.6 Å². The summed E-state index contributed by atoms with van der Waals surface area (Å²) in [5.41, 5.74) is 2.13. The molecule has 0 aliphatic carbocycles. The highest BCUT2D eigenvalue weighted by Gasteiger charge is 2.17. The molecule has 3 aromatic heterocycles. The first-order valence-electron chi connectivity index (χ1n) is 7.67. The second-order valence-corrected chi connectivity index (χ2v) is 7.38. The minimum absolute atomic E-state index is 0.124. The maximum absolute atomic E-state index is 12.3. The van der Waals surface area contributed by atoms with Crippen molar-refractivity contribution in [3.8, 4) is 11.5 Å². The molecule has 3 rings (SSSR count). The van der Waals surface area contributed by atoms with Gasteiger partial charge in [0.1, 0.15) is 5.76 Å². The summed E-state index contributed by atoms with van der Waals surface area (Å²) in [5, 5.41) is 11.1. The van der Waals surface area contributed by atoms with Crippen LogP contribution in [0.1, 0.15) is 32.2 Å². The molecule has 0 saturated carbocycles. The van der Waals surface area contributed by atoms with Crippen LogP contribution in [0.3, 0.4) is 0 Å². The number of hydrogen-bond acceptors (Lipinski definition) is 5. The molecule has 1 amide bonds. The number of nitrogens with zero attached hydrogens (tertiary/aromatic N) is 3. The van der Waals surface area contributed by atoms with Crippen molar-refractivity contribution in [1.29, 1.82) is 0 Å². The van der Waals surface area contributed by atoms with Crippen molar-refractivity contribution >= 4 is 22.9 Å². The number of aromatic nitrogens is 3. The number of aryl methyl sites for hydroxylation is 1. The summed E-state index contributed by atoms with van der Waals surface area (Å²) < 4.78 is 7.48. The molecule has 0 aliphatic heterocycles. The topological polar surface area (TPSA) is 73.0 Å². The monoisotopic (exact) mass is 344 g/mol. The van der Waals surface area contributed by atoms with Gasteiger partial charge in [0, 0.05) is 17.1 Å². The van der Waals surface area contributed by atoms with E-state index in [-0.39, 0.29) is 17.9 Å². The first-order chi connectivity index (χ1) is 11.3. The maximum atomic E-state index is 12.3. The smallest absolute Gasteiger partial charge is 0.230 e. The summed E-state index contributed by atoms with van der Waals surface area (Å²) in [6, 6.07) is 1.95. The molecule has 6 nitrogen and oxygen atoms in total. The van der Waals surface area contributed by atoms with E-state index < -0.39 is 0 Å². The summed E-state index contributed by atoms with van der Waals surface area (Å²) in [5.74, 6) is 1.07. The normalized spacial score (nSPS) is 11.7. The first-order valence-corrected chi connectivity index (χ1v) is 8.61. The third-order valence-electron chi connectivity index (χ3n) is 3.54. The van der Waals surface area contributed by atoms with Gasteiger partial charge in [-0.15, -0.1) is 0 Å². The molecule has 3 aromatic rings. The zero-order chi connectivity index (χ0) is 17.3. The lowest BCUT2D eigenvalue weighted by Gasteiger charge is -2.18. The number of rotatable bonds is 4. The van der Waals surface area contributed by atoms with E-state index in [1.54, 1.807) is 17.5 Å². The molecule has 0 radical (unpaired) electrons. The van der Waals surface area contributed by atoms with E-state index in [9.17, 15) is 4.79 Å². The van der Waals surface area contributed by atoms with Crippen molar-refractivity contribution in [3.05, 3.63) is 40.7 Å². The molecule has 0 unspecified atom stereocenters. The molecule has 0 aromatic carbocycles. The van der Waals surface area contributed by atoms with Gasteiger partial charge in [-0.25, -0.2) is 4.98 Å². The van der Waals surface area contributed by atoms with E-state index in [4.69, 9.17) is 4.42 Å². The van der Waals surface area contributed by atoms with Gasteiger partial charge in [-0.05, 0) is 39.1 Å². The summed E-state index contributed by atoms with van der Waals surface area (Å²) in [4.78, 5) is 16.7. The lowest BCUT2D eigenvalue weighted by Crippen LogP contribution is -2.22. The van der Waals surface area contributed by atoms with Crippen LogP contribution >= 0.6 is 11.3 Å². The molecule has 126 valence electrons. The molecule has 0 atom stereocenters. The van der Waals surface area contributed by atoms with Crippen LogP contribution in [0.25, 0.3) is 11.5 Å². The highest BCUT2D eigenvalue weighted by atomic mass is 32.1. The number of carbonyl (C=O) groups is 1. The molecule has 0 fully saturated rings. The number of hydrogen-bond donors (Lipinski definition) is 1. The van der Waals surface area contributed by atoms with Crippen LogP contribution < -0.4 is 5.32 Å². The van der Waals surface area contributed by atoms with Crippen LogP contribution in [0.2, 0.25) is 0 Å². The lowest BCUT2D eigenvalue weighted by atomic mass is 10.1. The summed E-state index contributed by atoms with van der Waals surface area (Å²) in [6.07, 6.45) is 3.64. The van der Waals surface area contributed by atoms with Gasteiger partial charge in [-0.1, -0.05) is 0 Å². The van der Waals surface area contributed by atoms with E-state index in [1.165, 1.54) is 0 Å². The molecule has 0 spiro atoms. The average molecular weight is 344 g/mol. The lowest BCUT2D eigenvalue weighted by molar-refractivity contribution is -0.115. The van der Waals surface area contributed by atoms with Crippen LogP contribution in [0.15, 0.2) is 33.6 Å². The minimum Gasteiger partial charge on any atom is -0.441 e. The zero-order valence-corrected chi connectivity index (χ0v) is 15.0. The van der Waals surface area contributed by atoms with Gasteiger partial charge >= 0.3 is 0 Å². The standard InChI is InChI=1S/C17H20N4O2S/c1-11-14(20-16(23-11)12-5-6-24-10-12)7-15(22)19-13-8-18-21(9-13)17(2,3)4/h5-6,8-10H,7H2,1-4H3,(H,19,22). The van der Waals surface area contributed by atoms with Crippen LogP contribution in [-0.4, -0.2) is 20.7 Å². The fourth-order valence-electron chi connectivity index (χ4n) is 2.21. The van der Waals surface area contributed by atoms with Crippen molar-refractivity contribution in [3.63, 3.8) is 0 Å². The quantitative estimate of drug-likeness (QED) is 0.780. The fraction of sp³-hybridized carbons (Fsp3) is 0.353. The molecule has 7 heteroatoms. The highest BCUT2D eigenvalue weighted by molar-refractivity contribution is 7.08. The molecule has 0 bridgehead atoms. The number of thiophene rings is 1. The largest absolute Gasteiger partial charge is 0.441 e. The Morgan fingerprint density at radius 3 is 2.83 bits per heavy atom. The minimum atomic E-state index is -0.142. The van der Waals surface area contributed by atoms with Gasteiger partial charge in [0.05, 0.1) is 29.5 Å². The number of oxazole rings is 1. The summed E-state index contributed by atoms with van der Waals surface area (Å²) in [7, 11) is 0. The SMILES string of the molecule is Cc1oc(-c2ccsc2)nc1CC(=O)Nc1cnn(C(C)(C)C)c1. The van der Waals surface area contributed by atoms with E-state index >= 15 is 0 Å². The summed E-state index contributed by atoms with van der Waals surface area (Å²) in [6.45, 7) is 7.98. The van der Waals surface area contributed by atoms with Crippen molar-refractivity contribution in [2.45, 2.75) is 39.7 Å². The van der Waals surface area contributed by atoms with E-state index in [2.05, 4.69) is 36.2 Å². The fourth-order valence-corrected chi connectivity index (χ4v) is 2.84. The highest BCUT2D eigenvalue weighted by Crippen LogP contribution is 2.24. The molecular formula is C17H20N4O2S. The Morgan fingerprint density at radius 1 is 1.42 bits per heavy atom. The Morgan fingerprint density at radius 2 is 2.21 bits per heavy atom. The molecule has 0 saturated heterocycles. The second-order valence-electron chi connectivity index (χ2n) is 6.60. The molecular weight excluding hydrogens is 324 g/mol. The number of anilines is 1. The van der Waals surface area contributed by atoms with Gasteiger partial charge in [-0.2, -0.15) is 16.4 Å². The van der Waals surface area contributed by atoms with E-state index in [0.29, 0.717) is 23.0 Å². The van der Waals surface area contributed by atoms with Crippen LogP contribution in [-0.2, 0) is 16.8 Å². The van der Waals surface area contributed by atoms with Gasteiger partial charge in [0.25, 0.3) is 0 Å². The molecule has 1 N–H and O–H groups in total. The average Bonchev–Trinajstić information content (AvgIpc) is 3.19. The Bertz CT molecular complexity index is 840. The van der Waals surface area contributed by atoms with Crippen molar-refractivity contribution < 1.29 is 9.21 Å². The van der Waals surface area contributed by atoms with Crippen LogP contribution in [0, 0.1) is 6.92 Å². The Balaban J connectivity index is 1.68. The first kappa shape index (κ1) is 16.4. The Kier molecular flexibility index (Phi) is 4.28. The molecule has 24 heavy (non-hydrogen) atoms. The predicted octanol–water partition coefficient (Wildman–Crippen LogP) is 3.84. The Labute approximate surface area is 144 Å². The molecule has 0 aliphatic rings. The second kappa shape index (κ2) is 6.24. The van der Waals surface area contributed by atoms with Gasteiger partial charge < -0.3 is 9.73 Å². The third-order valence-corrected chi connectivity index (χ3v) is 4.23. The third kappa shape index (κ3) is 3.56. The predicted molar refractivity (Wildman–Crippen MR) is 94.1 cm³/mol. The van der Waals surface area contributed by atoms with E-state index in [0.717, 1.165) is 5.56 Å². The number of amides is 1. The summed E-state index contributed by atoms with van der Waals surface area (Å²) >= 11 is 1.58.